The molecule has 0 aromatic carbocycles. The fourth-order valence-electron chi connectivity index (χ4n) is 1.87. The highest BCUT2D eigenvalue weighted by atomic mass is 19.4. The van der Waals surface area contributed by atoms with Crippen molar-refractivity contribution >= 4 is 11.8 Å². The maximum absolute atomic E-state index is 13.0. The normalized spacial score (nSPS) is 13.4. The van der Waals surface area contributed by atoms with Crippen LogP contribution in [0.1, 0.15) is 33.3 Å². The molecule has 0 bridgehead atoms. The molecule has 2 aromatic rings. The van der Waals surface area contributed by atoms with Crippen molar-refractivity contribution < 1.29 is 18.0 Å². The maximum Gasteiger partial charge on any atom is 0.420 e. The van der Waals surface area contributed by atoms with E-state index in [1.807, 2.05) is 27.7 Å². The number of anilines is 1. The third kappa shape index (κ3) is 4.71. The van der Waals surface area contributed by atoms with Gasteiger partial charge in [-0.2, -0.15) is 13.2 Å². The number of hydrogen-bond acceptors (Lipinski definition) is 3. The lowest BCUT2D eigenvalue weighted by Crippen LogP contribution is -2.43. The van der Waals surface area contributed by atoms with Gasteiger partial charge in [0, 0.05) is 24.5 Å². The highest BCUT2D eigenvalue weighted by Gasteiger charge is 2.34. The number of urea groups is 1. The first-order valence-electron chi connectivity index (χ1n) is 7.64. The van der Waals surface area contributed by atoms with Gasteiger partial charge in [0.1, 0.15) is 5.56 Å². The van der Waals surface area contributed by atoms with E-state index in [2.05, 4.69) is 20.7 Å². The van der Waals surface area contributed by atoms with Crippen LogP contribution in [0.15, 0.2) is 30.6 Å². The zero-order valence-corrected chi connectivity index (χ0v) is 14.3. The molecule has 0 saturated carbocycles. The summed E-state index contributed by atoms with van der Waals surface area (Å²) in [5, 5.41) is 9.21. The molecule has 2 rings (SSSR count). The van der Waals surface area contributed by atoms with Crippen LogP contribution in [0.5, 0.6) is 0 Å². The predicted octanol–water partition coefficient (Wildman–Crippen LogP) is 3.84. The number of alkyl halides is 3. The molecule has 2 aromatic heterocycles. The van der Waals surface area contributed by atoms with Crippen LogP contribution in [-0.4, -0.2) is 26.8 Å². The Hall–Kier alpha value is -2.58. The fraction of sp³-hybridized carbons (Fsp3) is 0.438. The SMILES string of the molecule is CC(NC(=O)Nc1ccn(-c2ncccc2C(F)(F)F)n1)C(C)(C)C. The van der Waals surface area contributed by atoms with Gasteiger partial charge in [-0.25, -0.2) is 14.5 Å². The zero-order valence-electron chi connectivity index (χ0n) is 14.3. The van der Waals surface area contributed by atoms with Crippen LogP contribution < -0.4 is 10.6 Å². The second-order valence-corrected chi connectivity index (χ2v) is 6.70. The summed E-state index contributed by atoms with van der Waals surface area (Å²) in [5.41, 5.74) is -1.04. The van der Waals surface area contributed by atoms with Crippen molar-refractivity contribution in [2.45, 2.75) is 39.9 Å². The summed E-state index contributed by atoms with van der Waals surface area (Å²) < 4.78 is 40.1. The Morgan fingerprint density at radius 2 is 1.92 bits per heavy atom. The molecule has 0 fully saturated rings. The van der Waals surface area contributed by atoms with E-state index in [-0.39, 0.29) is 23.1 Å². The second kappa shape index (κ2) is 6.73. The van der Waals surface area contributed by atoms with Gasteiger partial charge >= 0.3 is 12.2 Å². The largest absolute Gasteiger partial charge is 0.420 e. The number of aromatic nitrogens is 3. The van der Waals surface area contributed by atoms with Crippen molar-refractivity contribution in [3.05, 3.63) is 36.2 Å². The van der Waals surface area contributed by atoms with Gasteiger partial charge < -0.3 is 5.32 Å². The van der Waals surface area contributed by atoms with Gasteiger partial charge in [0.15, 0.2) is 11.6 Å². The van der Waals surface area contributed by atoms with Crippen LogP contribution >= 0.6 is 0 Å². The maximum atomic E-state index is 13.0. The van der Waals surface area contributed by atoms with E-state index in [4.69, 9.17) is 0 Å². The Labute approximate surface area is 143 Å². The first-order valence-corrected chi connectivity index (χ1v) is 7.64. The molecule has 6 nitrogen and oxygen atoms in total. The Bertz CT molecular complexity index is 749. The van der Waals surface area contributed by atoms with Gasteiger partial charge in [-0.15, -0.1) is 5.10 Å². The van der Waals surface area contributed by atoms with E-state index in [9.17, 15) is 18.0 Å². The molecule has 9 heteroatoms. The lowest BCUT2D eigenvalue weighted by atomic mass is 9.88. The number of halogens is 3. The van der Waals surface area contributed by atoms with E-state index in [1.54, 1.807) is 0 Å². The standard InChI is InChI=1S/C16H20F3N5O/c1-10(15(2,3)4)21-14(25)22-12-7-9-24(23-12)13-11(16(17,18)19)6-5-8-20-13/h5-10H,1-4H3,(H2,21,22,23,25). The summed E-state index contributed by atoms with van der Waals surface area (Å²) >= 11 is 0. The van der Waals surface area contributed by atoms with Crippen molar-refractivity contribution in [2.75, 3.05) is 5.32 Å². The summed E-state index contributed by atoms with van der Waals surface area (Å²) in [6, 6.07) is 2.94. The minimum atomic E-state index is -4.55. The van der Waals surface area contributed by atoms with Crippen LogP contribution in [0.4, 0.5) is 23.8 Å². The molecule has 0 aliphatic heterocycles. The second-order valence-electron chi connectivity index (χ2n) is 6.70. The number of rotatable bonds is 3. The van der Waals surface area contributed by atoms with Crippen LogP contribution in [0.2, 0.25) is 0 Å². The third-order valence-electron chi connectivity index (χ3n) is 3.79. The first-order chi connectivity index (χ1) is 11.5. The van der Waals surface area contributed by atoms with E-state index in [1.165, 1.54) is 24.5 Å². The van der Waals surface area contributed by atoms with Crippen molar-refractivity contribution in [3.8, 4) is 5.82 Å². The lowest BCUT2D eigenvalue weighted by molar-refractivity contribution is -0.137. The van der Waals surface area contributed by atoms with Gasteiger partial charge in [-0.1, -0.05) is 20.8 Å². The molecule has 0 radical (unpaired) electrons. The Kier molecular flexibility index (Phi) is 5.05. The van der Waals surface area contributed by atoms with Crippen molar-refractivity contribution in [3.63, 3.8) is 0 Å². The molecule has 1 atom stereocenters. The molecule has 1 unspecified atom stereocenters. The van der Waals surface area contributed by atoms with E-state index in [0.29, 0.717) is 0 Å². The molecule has 0 aliphatic rings. The molecule has 2 amide bonds. The number of hydrogen-bond donors (Lipinski definition) is 2. The summed E-state index contributed by atoms with van der Waals surface area (Å²) in [6.45, 7) is 7.80. The minimum absolute atomic E-state index is 0.109. The van der Waals surface area contributed by atoms with Gasteiger partial charge in [0.05, 0.1) is 0 Å². The molecule has 2 heterocycles. The number of pyridine rings is 1. The Morgan fingerprint density at radius 3 is 2.52 bits per heavy atom. The van der Waals surface area contributed by atoms with Crippen LogP contribution in [0.3, 0.4) is 0 Å². The van der Waals surface area contributed by atoms with E-state index in [0.717, 1.165) is 10.7 Å². The number of nitrogens with zero attached hydrogens (tertiary/aromatic N) is 3. The fourth-order valence-corrected chi connectivity index (χ4v) is 1.87. The topological polar surface area (TPSA) is 71.8 Å². The Morgan fingerprint density at radius 1 is 1.24 bits per heavy atom. The van der Waals surface area contributed by atoms with Gasteiger partial charge in [-0.3, -0.25) is 5.32 Å². The molecule has 0 spiro atoms. The smallest absolute Gasteiger partial charge is 0.335 e. The van der Waals surface area contributed by atoms with E-state index >= 15 is 0 Å². The molecule has 0 saturated heterocycles. The van der Waals surface area contributed by atoms with Crippen molar-refractivity contribution in [1.29, 1.82) is 0 Å². The molecular formula is C16H20F3N5O. The average Bonchev–Trinajstić information content (AvgIpc) is 2.93. The predicted molar refractivity (Wildman–Crippen MR) is 87.4 cm³/mol. The molecule has 25 heavy (non-hydrogen) atoms. The summed E-state index contributed by atoms with van der Waals surface area (Å²) in [5.74, 6) is -0.232. The van der Waals surface area contributed by atoms with Crippen molar-refractivity contribution in [2.24, 2.45) is 5.41 Å². The molecule has 0 aliphatic carbocycles. The number of amides is 2. The molecule has 136 valence electrons. The summed E-state index contributed by atoms with van der Waals surface area (Å²) in [6.07, 6.45) is -2.00. The number of carbonyl (C=O) groups is 1. The molecular weight excluding hydrogens is 335 g/mol. The third-order valence-corrected chi connectivity index (χ3v) is 3.79. The van der Waals surface area contributed by atoms with Gasteiger partial charge in [0.25, 0.3) is 0 Å². The highest BCUT2D eigenvalue weighted by Crippen LogP contribution is 2.32. The zero-order chi connectivity index (χ0) is 18.8. The van der Waals surface area contributed by atoms with Crippen LogP contribution in [0.25, 0.3) is 5.82 Å². The van der Waals surface area contributed by atoms with Crippen LogP contribution in [0, 0.1) is 5.41 Å². The van der Waals surface area contributed by atoms with Gasteiger partial charge in [-0.05, 0) is 24.5 Å². The number of carbonyl (C=O) groups excluding carboxylic acids is 1. The monoisotopic (exact) mass is 355 g/mol. The Balaban J connectivity index is 2.15. The highest BCUT2D eigenvalue weighted by molar-refractivity contribution is 5.88. The minimum Gasteiger partial charge on any atom is -0.335 e. The quantitative estimate of drug-likeness (QED) is 0.879. The van der Waals surface area contributed by atoms with Crippen LogP contribution in [-0.2, 0) is 6.18 Å². The molecule has 2 N–H and O–H groups in total. The lowest BCUT2D eigenvalue weighted by Gasteiger charge is -2.27. The number of nitrogens with one attached hydrogen (secondary N) is 2. The van der Waals surface area contributed by atoms with Crippen molar-refractivity contribution in [1.82, 2.24) is 20.1 Å². The van der Waals surface area contributed by atoms with Gasteiger partial charge in [0.2, 0.25) is 0 Å². The summed E-state index contributed by atoms with van der Waals surface area (Å²) in [7, 11) is 0. The average molecular weight is 355 g/mol. The van der Waals surface area contributed by atoms with E-state index < -0.39 is 17.8 Å². The summed E-state index contributed by atoms with van der Waals surface area (Å²) in [4.78, 5) is 15.7. The first kappa shape index (κ1) is 18.8.